The first-order valence-corrected chi connectivity index (χ1v) is 11.8. The fourth-order valence-corrected chi connectivity index (χ4v) is 3.33. The second kappa shape index (κ2) is 14.1. The zero-order chi connectivity index (χ0) is 25.6. The van der Waals surface area contributed by atoms with Crippen molar-refractivity contribution in [2.75, 3.05) is 11.9 Å². The first kappa shape index (κ1) is 26.2. The summed E-state index contributed by atoms with van der Waals surface area (Å²) in [5.74, 6) is -1.51. The molecule has 0 saturated carbocycles. The Morgan fingerprint density at radius 2 is 1.28 bits per heavy atom. The van der Waals surface area contributed by atoms with Gasteiger partial charge < -0.3 is 10.1 Å². The van der Waals surface area contributed by atoms with Gasteiger partial charge in [0.05, 0.1) is 6.61 Å². The van der Waals surface area contributed by atoms with E-state index in [4.69, 9.17) is 4.74 Å². The molecular formula is C28H29N3O5. The van der Waals surface area contributed by atoms with Gasteiger partial charge in [-0.15, -0.1) is 0 Å². The number of esters is 1. The van der Waals surface area contributed by atoms with Crippen LogP contribution in [0, 0.1) is 0 Å². The number of hydrazine groups is 1. The van der Waals surface area contributed by atoms with Gasteiger partial charge >= 0.3 is 5.97 Å². The zero-order valence-electron chi connectivity index (χ0n) is 19.9. The van der Waals surface area contributed by atoms with Crippen molar-refractivity contribution >= 4 is 29.4 Å². The molecule has 3 aromatic carbocycles. The van der Waals surface area contributed by atoms with Crippen LogP contribution >= 0.6 is 0 Å². The Kier molecular flexibility index (Phi) is 10.2. The van der Waals surface area contributed by atoms with Crippen molar-refractivity contribution in [1.82, 2.24) is 10.9 Å². The molecule has 0 spiro atoms. The van der Waals surface area contributed by atoms with Crippen LogP contribution in [0.1, 0.15) is 52.0 Å². The molecule has 0 radical (unpaired) electrons. The Hall–Kier alpha value is -4.46. The topological polar surface area (TPSA) is 114 Å². The van der Waals surface area contributed by atoms with E-state index in [1.807, 2.05) is 36.4 Å². The predicted octanol–water partition coefficient (Wildman–Crippen LogP) is 4.05. The van der Waals surface area contributed by atoms with Crippen molar-refractivity contribution in [2.45, 2.75) is 32.1 Å². The second-order valence-electron chi connectivity index (χ2n) is 8.06. The maximum Gasteiger partial charge on any atom is 0.305 e. The van der Waals surface area contributed by atoms with Crippen LogP contribution < -0.4 is 16.2 Å². The number of nitrogens with one attached hydrogen (secondary N) is 3. The van der Waals surface area contributed by atoms with Gasteiger partial charge in [0.25, 0.3) is 11.8 Å². The Bertz CT molecular complexity index is 1150. The molecule has 0 aliphatic carbocycles. The van der Waals surface area contributed by atoms with Crippen molar-refractivity contribution in [1.29, 1.82) is 0 Å². The number of benzene rings is 3. The number of aryl methyl sites for hydroxylation is 1. The maximum atomic E-state index is 12.2. The monoisotopic (exact) mass is 487 g/mol. The quantitative estimate of drug-likeness (QED) is 0.215. The lowest BCUT2D eigenvalue weighted by molar-refractivity contribution is -0.143. The largest absolute Gasteiger partial charge is 0.466 e. The van der Waals surface area contributed by atoms with E-state index in [9.17, 15) is 19.2 Å². The molecule has 0 heterocycles. The number of hydrogen-bond acceptors (Lipinski definition) is 5. The van der Waals surface area contributed by atoms with E-state index in [1.54, 1.807) is 36.4 Å². The van der Waals surface area contributed by atoms with Crippen LogP contribution in [0.25, 0.3) is 0 Å². The van der Waals surface area contributed by atoms with Crippen LogP contribution in [0.15, 0.2) is 84.9 Å². The van der Waals surface area contributed by atoms with E-state index < -0.39 is 11.8 Å². The summed E-state index contributed by atoms with van der Waals surface area (Å²) in [5, 5.41) is 2.75. The first-order valence-electron chi connectivity index (χ1n) is 11.8. The van der Waals surface area contributed by atoms with Gasteiger partial charge in [0, 0.05) is 29.7 Å². The van der Waals surface area contributed by atoms with Crippen LogP contribution in [-0.4, -0.2) is 30.3 Å². The van der Waals surface area contributed by atoms with E-state index in [0.717, 1.165) is 12.8 Å². The molecule has 0 unspecified atom stereocenters. The van der Waals surface area contributed by atoms with E-state index >= 15 is 0 Å². The number of rotatable bonds is 11. The standard InChI is InChI=1S/C28H29N3O5/c32-25(14-7-15-26(33)36-20-8-11-21-9-3-1-4-10-21)30-31-28(35)23-16-18-24(19-17-23)29-27(34)22-12-5-2-6-13-22/h1-6,9-10,12-13,16-19H,7-8,11,14-15,20H2,(H,29,34)(H,30,32)(H,31,35). The highest BCUT2D eigenvalue weighted by Crippen LogP contribution is 2.11. The zero-order valence-corrected chi connectivity index (χ0v) is 19.9. The van der Waals surface area contributed by atoms with E-state index in [2.05, 4.69) is 16.2 Å². The minimum atomic E-state index is -0.498. The predicted molar refractivity (Wildman–Crippen MR) is 136 cm³/mol. The number of carbonyl (C=O) groups excluding carboxylic acids is 4. The molecule has 0 aliphatic rings. The molecule has 0 atom stereocenters. The molecular weight excluding hydrogens is 458 g/mol. The normalized spacial score (nSPS) is 10.2. The lowest BCUT2D eigenvalue weighted by atomic mass is 10.1. The van der Waals surface area contributed by atoms with Crippen molar-refractivity contribution in [3.05, 3.63) is 102 Å². The summed E-state index contributed by atoms with van der Waals surface area (Å²) in [6, 6.07) is 25.0. The van der Waals surface area contributed by atoms with Crippen molar-refractivity contribution in [3.8, 4) is 0 Å². The number of amides is 3. The van der Waals surface area contributed by atoms with Gasteiger partial charge in [-0.25, -0.2) is 0 Å². The molecule has 0 bridgehead atoms. The Labute approximate surface area is 210 Å². The molecule has 3 aromatic rings. The average Bonchev–Trinajstić information content (AvgIpc) is 2.91. The number of ether oxygens (including phenoxy) is 1. The Balaban J connectivity index is 1.28. The smallest absolute Gasteiger partial charge is 0.305 e. The highest BCUT2D eigenvalue weighted by atomic mass is 16.5. The van der Waals surface area contributed by atoms with Gasteiger partial charge in [-0.1, -0.05) is 48.5 Å². The maximum absolute atomic E-state index is 12.2. The summed E-state index contributed by atoms with van der Waals surface area (Å²) in [7, 11) is 0. The summed E-state index contributed by atoms with van der Waals surface area (Å²) in [5.41, 5.74) is 7.24. The average molecular weight is 488 g/mol. The number of hydrogen-bond donors (Lipinski definition) is 3. The van der Waals surface area contributed by atoms with Crippen LogP contribution in [0.4, 0.5) is 5.69 Å². The van der Waals surface area contributed by atoms with Crippen LogP contribution in [0.5, 0.6) is 0 Å². The molecule has 3 rings (SSSR count). The van der Waals surface area contributed by atoms with E-state index in [-0.39, 0.29) is 24.7 Å². The van der Waals surface area contributed by atoms with Crippen LogP contribution in [0.3, 0.4) is 0 Å². The van der Waals surface area contributed by atoms with Gasteiger partial charge in [-0.3, -0.25) is 30.0 Å². The van der Waals surface area contributed by atoms with Crippen molar-refractivity contribution in [3.63, 3.8) is 0 Å². The summed E-state index contributed by atoms with van der Waals surface area (Å²) in [4.78, 5) is 48.2. The Morgan fingerprint density at radius 1 is 0.639 bits per heavy atom. The fraction of sp³-hybridized carbons (Fsp3) is 0.214. The number of carbonyl (C=O) groups is 4. The second-order valence-corrected chi connectivity index (χ2v) is 8.06. The van der Waals surface area contributed by atoms with Gasteiger partial charge in [-0.05, 0) is 61.2 Å². The lowest BCUT2D eigenvalue weighted by Gasteiger charge is -2.09. The summed E-state index contributed by atoms with van der Waals surface area (Å²) < 4.78 is 5.19. The van der Waals surface area contributed by atoms with Gasteiger partial charge in [0.15, 0.2) is 0 Å². The summed E-state index contributed by atoms with van der Waals surface area (Å²) >= 11 is 0. The molecule has 0 saturated heterocycles. The highest BCUT2D eigenvalue weighted by molar-refractivity contribution is 6.04. The minimum absolute atomic E-state index is 0.0733. The third kappa shape index (κ3) is 9.06. The van der Waals surface area contributed by atoms with Gasteiger partial charge in [0.2, 0.25) is 5.91 Å². The fourth-order valence-electron chi connectivity index (χ4n) is 3.33. The summed E-state index contributed by atoms with van der Waals surface area (Å²) in [6.07, 6.45) is 2.09. The van der Waals surface area contributed by atoms with Crippen molar-refractivity contribution in [2.24, 2.45) is 0 Å². The third-order valence-corrected chi connectivity index (χ3v) is 5.26. The molecule has 36 heavy (non-hydrogen) atoms. The third-order valence-electron chi connectivity index (χ3n) is 5.26. The number of anilines is 1. The van der Waals surface area contributed by atoms with E-state index in [0.29, 0.717) is 29.8 Å². The lowest BCUT2D eigenvalue weighted by Crippen LogP contribution is -2.41. The first-order chi connectivity index (χ1) is 17.5. The molecule has 0 aromatic heterocycles. The van der Waals surface area contributed by atoms with Gasteiger partial charge in [-0.2, -0.15) is 0 Å². The molecule has 8 nitrogen and oxygen atoms in total. The van der Waals surface area contributed by atoms with Gasteiger partial charge in [0.1, 0.15) is 0 Å². The molecule has 3 N–H and O–H groups in total. The van der Waals surface area contributed by atoms with Crippen molar-refractivity contribution < 1.29 is 23.9 Å². The van der Waals surface area contributed by atoms with E-state index in [1.165, 1.54) is 17.7 Å². The minimum Gasteiger partial charge on any atom is -0.466 e. The Morgan fingerprint density at radius 3 is 1.97 bits per heavy atom. The summed E-state index contributed by atoms with van der Waals surface area (Å²) in [6.45, 7) is 0.338. The molecule has 186 valence electrons. The molecule has 0 fully saturated rings. The highest BCUT2D eigenvalue weighted by Gasteiger charge is 2.10. The molecule has 0 aliphatic heterocycles. The molecule has 3 amide bonds. The van der Waals surface area contributed by atoms with Crippen LogP contribution in [0.2, 0.25) is 0 Å². The molecule has 8 heteroatoms. The van der Waals surface area contributed by atoms with Crippen LogP contribution in [-0.2, 0) is 20.7 Å². The SMILES string of the molecule is O=C(CCCC(=O)OCCCc1ccccc1)NNC(=O)c1ccc(NC(=O)c2ccccc2)cc1.